The molecule has 0 bridgehead atoms. The third-order valence-electron chi connectivity index (χ3n) is 3.40. The van der Waals surface area contributed by atoms with E-state index in [0.29, 0.717) is 0 Å². The van der Waals surface area contributed by atoms with E-state index >= 15 is 0 Å². The Morgan fingerprint density at radius 3 is 2.94 bits per heavy atom. The highest BCUT2D eigenvalue weighted by atomic mass is 79.9. The Labute approximate surface area is 104 Å². The van der Waals surface area contributed by atoms with Crippen molar-refractivity contribution in [1.29, 1.82) is 0 Å². The number of aromatic nitrogens is 1. The Morgan fingerprint density at radius 2 is 2.19 bits per heavy atom. The molecule has 1 aliphatic rings. The Balaban J connectivity index is 2.16. The molecular weight excluding hydrogens is 262 g/mol. The molecule has 1 aromatic carbocycles. The number of halogens is 1. The van der Waals surface area contributed by atoms with Crippen molar-refractivity contribution in [3.05, 3.63) is 41.6 Å². The van der Waals surface area contributed by atoms with Gasteiger partial charge in [-0.25, -0.2) is 0 Å². The quantitative estimate of drug-likeness (QED) is 0.754. The van der Waals surface area contributed by atoms with Crippen LogP contribution in [0.2, 0.25) is 0 Å². The molecule has 0 aliphatic heterocycles. The van der Waals surface area contributed by atoms with Crippen LogP contribution in [-0.2, 0) is 0 Å². The minimum atomic E-state index is 0.742. The summed E-state index contributed by atoms with van der Waals surface area (Å²) in [7, 11) is 0. The molecule has 82 valence electrons. The van der Waals surface area contributed by atoms with Gasteiger partial charge in [0.2, 0.25) is 0 Å². The standard InChI is InChI=1S/C14H14BrN/c1-9-6-13(12-7-10(12)8-15)11-4-2-3-5-14(11)16-9/h2-6,10,12H,7-8H2,1H3. The molecule has 2 aromatic rings. The Kier molecular flexibility index (Phi) is 2.47. The summed E-state index contributed by atoms with van der Waals surface area (Å²) in [5.41, 5.74) is 3.76. The van der Waals surface area contributed by atoms with Crippen molar-refractivity contribution in [1.82, 2.24) is 4.98 Å². The predicted molar refractivity (Wildman–Crippen MR) is 71.1 cm³/mol. The fraction of sp³-hybridized carbons (Fsp3) is 0.357. The number of pyridine rings is 1. The third kappa shape index (κ3) is 1.65. The molecule has 1 aromatic heterocycles. The van der Waals surface area contributed by atoms with Gasteiger partial charge in [0, 0.05) is 16.4 Å². The van der Waals surface area contributed by atoms with E-state index in [1.807, 2.05) is 0 Å². The molecule has 0 radical (unpaired) electrons. The van der Waals surface area contributed by atoms with E-state index < -0.39 is 0 Å². The number of fused-ring (bicyclic) bond motifs is 1. The number of alkyl halides is 1. The summed E-state index contributed by atoms with van der Waals surface area (Å²) in [4.78, 5) is 4.59. The molecular formula is C14H14BrN. The van der Waals surface area contributed by atoms with Gasteiger partial charge in [-0.3, -0.25) is 4.98 Å². The molecule has 0 amide bonds. The highest BCUT2D eigenvalue weighted by Gasteiger charge is 2.38. The molecule has 2 heteroatoms. The van der Waals surface area contributed by atoms with Crippen LogP contribution in [0.15, 0.2) is 30.3 Å². The Bertz CT molecular complexity index is 535. The van der Waals surface area contributed by atoms with Crippen molar-refractivity contribution < 1.29 is 0 Å². The van der Waals surface area contributed by atoms with Crippen LogP contribution in [0.3, 0.4) is 0 Å². The highest BCUT2D eigenvalue weighted by Crippen LogP contribution is 2.50. The maximum absolute atomic E-state index is 4.59. The van der Waals surface area contributed by atoms with E-state index in [4.69, 9.17) is 0 Å². The second-order valence-electron chi connectivity index (χ2n) is 4.63. The number of benzene rings is 1. The molecule has 2 unspecified atom stereocenters. The van der Waals surface area contributed by atoms with Crippen LogP contribution >= 0.6 is 15.9 Å². The second-order valence-corrected chi connectivity index (χ2v) is 5.27. The summed E-state index contributed by atoms with van der Waals surface area (Å²) in [5, 5.41) is 2.45. The topological polar surface area (TPSA) is 12.9 Å². The molecule has 16 heavy (non-hydrogen) atoms. The van der Waals surface area contributed by atoms with Crippen LogP contribution in [0.4, 0.5) is 0 Å². The zero-order valence-corrected chi connectivity index (χ0v) is 10.9. The van der Waals surface area contributed by atoms with Gasteiger partial charge in [0.15, 0.2) is 0 Å². The first-order valence-corrected chi connectivity index (χ1v) is 6.84. The maximum atomic E-state index is 4.59. The average Bonchev–Trinajstić information content (AvgIpc) is 3.07. The SMILES string of the molecule is Cc1cc(C2CC2CBr)c2ccccc2n1. The molecule has 0 spiro atoms. The number of hydrogen-bond acceptors (Lipinski definition) is 1. The first-order valence-electron chi connectivity index (χ1n) is 5.72. The molecule has 1 aliphatic carbocycles. The van der Waals surface area contributed by atoms with Crippen molar-refractivity contribution in [3.8, 4) is 0 Å². The van der Waals surface area contributed by atoms with Crippen LogP contribution in [0.25, 0.3) is 10.9 Å². The van der Waals surface area contributed by atoms with Crippen molar-refractivity contribution in [2.24, 2.45) is 5.92 Å². The van der Waals surface area contributed by atoms with Crippen LogP contribution in [-0.4, -0.2) is 10.3 Å². The number of nitrogens with zero attached hydrogens (tertiary/aromatic N) is 1. The monoisotopic (exact) mass is 275 g/mol. The number of rotatable bonds is 2. The van der Waals surface area contributed by atoms with Gasteiger partial charge in [0.05, 0.1) is 5.52 Å². The zero-order chi connectivity index (χ0) is 11.1. The molecule has 3 rings (SSSR count). The number of para-hydroxylation sites is 1. The smallest absolute Gasteiger partial charge is 0.0708 e. The summed E-state index contributed by atoms with van der Waals surface area (Å²) in [6.07, 6.45) is 1.32. The van der Waals surface area contributed by atoms with E-state index in [1.54, 1.807) is 0 Å². The average molecular weight is 276 g/mol. The minimum absolute atomic E-state index is 0.742. The Morgan fingerprint density at radius 1 is 1.38 bits per heavy atom. The molecule has 0 N–H and O–H groups in total. The first-order chi connectivity index (χ1) is 7.79. The minimum Gasteiger partial charge on any atom is -0.253 e. The largest absolute Gasteiger partial charge is 0.253 e. The molecule has 1 fully saturated rings. The fourth-order valence-electron chi connectivity index (χ4n) is 2.45. The predicted octanol–water partition coefficient (Wildman–Crippen LogP) is 4.04. The summed E-state index contributed by atoms with van der Waals surface area (Å²) in [5.74, 6) is 1.57. The van der Waals surface area contributed by atoms with Gasteiger partial charge in [-0.2, -0.15) is 0 Å². The molecule has 1 saturated carbocycles. The lowest BCUT2D eigenvalue weighted by atomic mass is 10.0. The summed E-state index contributed by atoms with van der Waals surface area (Å²) in [6, 6.07) is 10.7. The maximum Gasteiger partial charge on any atom is 0.0708 e. The van der Waals surface area contributed by atoms with E-state index in [1.165, 1.54) is 17.4 Å². The second kappa shape index (κ2) is 3.85. The molecule has 0 saturated heterocycles. The van der Waals surface area contributed by atoms with Gasteiger partial charge >= 0.3 is 0 Å². The molecule has 1 nitrogen and oxygen atoms in total. The van der Waals surface area contributed by atoms with E-state index in [-0.39, 0.29) is 0 Å². The highest BCUT2D eigenvalue weighted by molar-refractivity contribution is 9.09. The summed E-state index contributed by atoms with van der Waals surface area (Å²) in [6.45, 7) is 2.08. The molecule has 2 atom stereocenters. The van der Waals surface area contributed by atoms with Crippen molar-refractivity contribution in [2.45, 2.75) is 19.3 Å². The van der Waals surface area contributed by atoms with Crippen LogP contribution in [0, 0.1) is 12.8 Å². The van der Waals surface area contributed by atoms with Gasteiger partial charge < -0.3 is 0 Å². The summed E-state index contributed by atoms with van der Waals surface area (Å²) >= 11 is 3.58. The van der Waals surface area contributed by atoms with Crippen molar-refractivity contribution in [3.63, 3.8) is 0 Å². The lowest BCUT2D eigenvalue weighted by Gasteiger charge is -2.07. The van der Waals surface area contributed by atoms with Crippen molar-refractivity contribution >= 4 is 26.8 Å². The van der Waals surface area contributed by atoms with Gasteiger partial charge in [0.1, 0.15) is 0 Å². The van der Waals surface area contributed by atoms with Crippen molar-refractivity contribution in [2.75, 3.05) is 5.33 Å². The third-order valence-corrected chi connectivity index (χ3v) is 4.23. The van der Waals surface area contributed by atoms with Gasteiger partial charge in [-0.1, -0.05) is 34.1 Å². The Hall–Kier alpha value is -0.890. The zero-order valence-electron chi connectivity index (χ0n) is 9.28. The van der Waals surface area contributed by atoms with Gasteiger partial charge in [0.25, 0.3) is 0 Å². The first kappa shape index (κ1) is 10.3. The van der Waals surface area contributed by atoms with Crippen LogP contribution in [0.1, 0.15) is 23.6 Å². The lowest BCUT2D eigenvalue weighted by Crippen LogP contribution is -1.92. The van der Waals surface area contributed by atoms with E-state index in [0.717, 1.165) is 28.4 Å². The lowest BCUT2D eigenvalue weighted by molar-refractivity contribution is 0.939. The van der Waals surface area contributed by atoms with Gasteiger partial charge in [-0.05, 0) is 42.9 Å². The number of aryl methyl sites for hydroxylation is 1. The number of hydrogen-bond donors (Lipinski definition) is 0. The van der Waals surface area contributed by atoms with Gasteiger partial charge in [-0.15, -0.1) is 0 Å². The van der Waals surface area contributed by atoms with Crippen LogP contribution in [0.5, 0.6) is 0 Å². The summed E-state index contributed by atoms with van der Waals surface area (Å²) < 4.78 is 0. The van der Waals surface area contributed by atoms with E-state index in [9.17, 15) is 0 Å². The molecule has 1 heterocycles. The fourth-order valence-corrected chi connectivity index (χ4v) is 3.16. The normalized spacial score (nSPS) is 23.6. The van der Waals surface area contributed by atoms with Crippen LogP contribution < -0.4 is 0 Å². The van der Waals surface area contributed by atoms with E-state index in [2.05, 4.69) is 58.2 Å².